The van der Waals surface area contributed by atoms with Crippen molar-refractivity contribution < 1.29 is 24.2 Å². The molecule has 0 fully saturated rings. The molecule has 0 aliphatic rings. The van der Waals surface area contributed by atoms with E-state index in [4.69, 9.17) is 9.47 Å². The minimum atomic E-state index is -0.463. The van der Waals surface area contributed by atoms with Gasteiger partial charge in [-0.15, -0.1) is 14.1 Å². The SMILES string of the molecule is C=C(C)C(=O)OCCOc1ccc(-n2n3c4ccc(NC(C)=O)cc4n23)c(O)c1C. The maximum Gasteiger partial charge on any atom is 0.333 e. The summed E-state index contributed by atoms with van der Waals surface area (Å²) < 4.78 is 14.4. The molecule has 1 amide bonds. The number of ether oxygens (including phenoxy) is 2. The van der Waals surface area contributed by atoms with Crippen LogP contribution in [-0.2, 0) is 14.3 Å². The minimum absolute atomic E-state index is 0.0905. The molecule has 4 aromatic rings. The van der Waals surface area contributed by atoms with Gasteiger partial charge in [-0.3, -0.25) is 4.79 Å². The zero-order chi connectivity index (χ0) is 21.6. The van der Waals surface area contributed by atoms with E-state index in [1.807, 2.05) is 32.3 Å². The van der Waals surface area contributed by atoms with Gasteiger partial charge in [0.1, 0.15) is 41.4 Å². The largest absolute Gasteiger partial charge is 0.505 e. The van der Waals surface area contributed by atoms with Crippen molar-refractivity contribution in [1.29, 1.82) is 0 Å². The summed E-state index contributed by atoms with van der Waals surface area (Å²) in [6.07, 6.45) is 0. The molecule has 0 spiro atoms. The molecule has 30 heavy (non-hydrogen) atoms. The monoisotopic (exact) mass is 410 g/mol. The van der Waals surface area contributed by atoms with Gasteiger partial charge in [-0.25, -0.2) is 4.79 Å². The summed E-state index contributed by atoms with van der Waals surface area (Å²) >= 11 is 0. The van der Waals surface area contributed by atoms with Crippen LogP contribution in [0.4, 0.5) is 5.69 Å². The Labute approximate surface area is 172 Å². The van der Waals surface area contributed by atoms with Crippen LogP contribution in [-0.4, -0.2) is 44.3 Å². The first-order valence-electron chi connectivity index (χ1n) is 9.39. The average molecular weight is 410 g/mol. The van der Waals surface area contributed by atoms with Crippen molar-refractivity contribution in [2.75, 3.05) is 18.5 Å². The molecule has 0 aliphatic heterocycles. The van der Waals surface area contributed by atoms with E-state index in [0.29, 0.717) is 28.3 Å². The van der Waals surface area contributed by atoms with Crippen LogP contribution in [0.1, 0.15) is 19.4 Å². The zero-order valence-electron chi connectivity index (χ0n) is 16.9. The third-order valence-corrected chi connectivity index (χ3v) is 4.73. The summed E-state index contributed by atoms with van der Waals surface area (Å²) in [7, 11) is 0. The molecule has 9 nitrogen and oxygen atoms in total. The maximum atomic E-state index is 11.4. The fourth-order valence-electron chi connectivity index (χ4n) is 3.22. The highest BCUT2D eigenvalue weighted by Crippen LogP contribution is 2.36. The first-order chi connectivity index (χ1) is 14.3. The number of phenols is 1. The second-order valence-corrected chi connectivity index (χ2v) is 7.07. The van der Waals surface area contributed by atoms with Crippen molar-refractivity contribution in [2.24, 2.45) is 0 Å². The molecule has 0 bridgehead atoms. The van der Waals surface area contributed by atoms with Crippen molar-refractivity contribution in [3.63, 3.8) is 0 Å². The third kappa shape index (κ3) is 3.24. The number of hydrogen-bond acceptors (Lipinski definition) is 5. The van der Waals surface area contributed by atoms with Crippen LogP contribution in [0.5, 0.6) is 11.5 Å². The number of benzene rings is 2. The number of esters is 1. The number of nitrogens with zero attached hydrogens (tertiary/aromatic N) is 3. The van der Waals surface area contributed by atoms with Gasteiger partial charge in [-0.2, -0.15) is 0 Å². The van der Waals surface area contributed by atoms with Crippen molar-refractivity contribution >= 4 is 28.6 Å². The maximum absolute atomic E-state index is 11.4. The van der Waals surface area contributed by atoms with E-state index in [9.17, 15) is 14.7 Å². The van der Waals surface area contributed by atoms with Crippen molar-refractivity contribution in [1.82, 2.24) is 14.1 Å². The summed E-state index contributed by atoms with van der Waals surface area (Å²) in [6.45, 7) is 8.57. The number of anilines is 1. The average Bonchev–Trinajstić information content (AvgIpc) is 3.34. The van der Waals surface area contributed by atoms with Crippen LogP contribution in [0.3, 0.4) is 0 Å². The normalized spacial score (nSPS) is 11.3. The quantitative estimate of drug-likeness (QED) is 0.277. The minimum Gasteiger partial charge on any atom is -0.505 e. The van der Waals surface area contributed by atoms with Crippen LogP contribution in [0.15, 0.2) is 42.5 Å². The number of aromatic hydroxyl groups is 1. The lowest BCUT2D eigenvalue weighted by atomic mass is 10.1. The highest BCUT2D eigenvalue weighted by molar-refractivity contribution is 5.92. The first-order valence-corrected chi connectivity index (χ1v) is 9.39. The van der Waals surface area contributed by atoms with Gasteiger partial charge in [0.15, 0.2) is 0 Å². The summed E-state index contributed by atoms with van der Waals surface area (Å²) in [6, 6.07) is 9.13. The van der Waals surface area contributed by atoms with E-state index in [0.717, 1.165) is 11.0 Å². The van der Waals surface area contributed by atoms with E-state index in [1.54, 1.807) is 26.0 Å². The molecule has 0 unspecified atom stereocenters. The first kappa shape index (κ1) is 19.4. The highest BCUT2D eigenvalue weighted by atomic mass is 16.6. The molecule has 2 N–H and O–H groups in total. The Morgan fingerprint density at radius 2 is 1.83 bits per heavy atom. The van der Waals surface area contributed by atoms with Gasteiger partial charge >= 0.3 is 5.97 Å². The standard InChI is InChI=1S/C21H22N4O5/c1-12(2)21(28)30-10-9-29-19-8-7-17(20(27)13(19)3)24-23-16-6-5-15(22-14(4)26)11-18(16)25(23)24/h5-8,11,27H,1,9-10H2,2-4H3,(H,22,26). The van der Waals surface area contributed by atoms with Crippen LogP contribution < -0.4 is 10.1 Å². The van der Waals surface area contributed by atoms with Crippen molar-refractivity contribution in [3.05, 3.63) is 48.0 Å². The molecule has 0 aliphatic carbocycles. The Bertz CT molecular complexity index is 1280. The van der Waals surface area contributed by atoms with Crippen LogP contribution in [0.2, 0.25) is 0 Å². The number of rotatable bonds is 7. The second kappa shape index (κ2) is 7.18. The topological polar surface area (TPSA) is 98.6 Å². The Balaban J connectivity index is 1.51. The highest BCUT2D eigenvalue weighted by Gasteiger charge is 2.27. The molecule has 0 saturated carbocycles. The van der Waals surface area contributed by atoms with Crippen LogP contribution in [0.25, 0.3) is 16.7 Å². The molecule has 156 valence electrons. The van der Waals surface area contributed by atoms with E-state index in [1.165, 1.54) is 6.92 Å². The Morgan fingerprint density at radius 1 is 1.10 bits per heavy atom. The fourth-order valence-corrected chi connectivity index (χ4v) is 3.22. The van der Waals surface area contributed by atoms with Gasteiger partial charge in [0, 0.05) is 23.7 Å². The summed E-state index contributed by atoms with van der Waals surface area (Å²) in [5.74, 6) is 0.00276. The van der Waals surface area contributed by atoms with Gasteiger partial charge in [0.2, 0.25) is 5.91 Å². The third-order valence-electron chi connectivity index (χ3n) is 4.73. The van der Waals surface area contributed by atoms with E-state index < -0.39 is 5.97 Å². The lowest BCUT2D eigenvalue weighted by Crippen LogP contribution is -2.12. The number of nitrogens with one attached hydrogen (secondary N) is 1. The number of fused-ring (bicyclic) bond motifs is 4. The molecule has 4 rings (SSSR count). The van der Waals surface area contributed by atoms with Crippen LogP contribution in [0, 0.1) is 6.92 Å². The van der Waals surface area contributed by atoms with E-state index in [-0.39, 0.29) is 24.9 Å². The Hall–Kier alpha value is -3.88. The Kier molecular flexibility index (Phi) is 4.65. The molecule has 0 radical (unpaired) electrons. The number of carbonyl (C=O) groups excluding carboxylic acids is 2. The molecule has 2 heterocycles. The Morgan fingerprint density at radius 3 is 2.53 bits per heavy atom. The number of aromatic nitrogens is 3. The zero-order valence-corrected chi connectivity index (χ0v) is 16.9. The molecule has 0 saturated heterocycles. The lowest BCUT2D eigenvalue weighted by Gasteiger charge is -2.12. The van der Waals surface area contributed by atoms with Crippen LogP contribution >= 0.6 is 0 Å². The lowest BCUT2D eigenvalue weighted by molar-refractivity contribution is -0.139. The van der Waals surface area contributed by atoms with Gasteiger partial charge in [-0.05, 0) is 44.2 Å². The number of hydrogen-bond donors (Lipinski definition) is 2. The molecule has 0 atom stereocenters. The second-order valence-electron chi connectivity index (χ2n) is 7.07. The van der Waals surface area contributed by atoms with Gasteiger partial charge in [0.25, 0.3) is 0 Å². The fraction of sp³-hybridized carbons (Fsp3) is 0.238. The molecular formula is C21H22N4O5. The summed E-state index contributed by atoms with van der Waals surface area (Å²) in [5.41, 5.74) is 4.13. The molecular weight excluding hydrogens is 388 g/mol. The van der Waals surface area contributed by atoms with Gasteiger partial charge in [-0.1, -0.05) is 6.58 Å². The molecule has 9 heteroatoms. The van der Waals surface area contributed by atoms with E-state index in [2.05, 4.69) is 11.9 Å². The smallest absolute Gasteiger partial charge is 0.333 e. The number of phenolic OH excluding ortho intramolecular Hbond substituents is 1. The van der Waals surface area contributed by atoms with Gasteiger partial charge in [0.05, 0.1) is 0 Å². The molecule has 2 aromatic carbocycles. The predicted octanol–water partition coefficient (Wildman–Crippen LogP) is 2.89. The van der Waals surface area contributed by atoms with Crippen molar-refractivity contribution in [3.8, 4) is 17.2 Å². The van der Waals surface area contributed by atoms with Crippen molar-refractivity contribution in [2.45, 2.75) is 20.8 Å². The van der Waals surface area contributed by atoms with Gasteiger partial charge < -0.3 is 19.9 Å². The number of amides is 1. The molecule has 2 aromatic heterocycles. The predicted molar refractivity (Wildman–Crippen MR) is 111 cm³/mol. The number of carbonyl (C=O) groups is 2. The summed E-state index contributed by atoms with van der Waals surface area (Å²) in [5, 5.41) is 13.5. The summed E-state index contributed by atoms with van der Waals surface area (Å²) in [4.78, 5) is 24.5. The van der Waals surface area contributed by atoms with E-state index >= 15 is 0 Å².